The van der Waals surface area contributed by atoms with E-state index in [1.54, 1.807) is 48.7 Å². The number of halogens is 10. The summed E-state index contributed by atoms with van der Waals surface area (Å²) in [5, 5.41) is 3.13. The minimum absolute atomic E-state index is 0.0798. The standard InChI is InChI=1S/C42H20F10N6/c43-33-31(34(44)38(48)41(51)37(33)47)29-23-10-8-19(55-23)20-9-11-24(56-20)30(32-35(45)39(49)42(52)40(50)36(32)46)26-15-13-22(58-26)28(21-12-14-25(29)57-21)17-4-6-18(7-5-17)54-27-3-1-2-16-53-27/h1-16,55-57H,(H,53,54). The average molecular weight is 799 g/mol. The topological polar surface area (TPSA) is 85.2 Å². The molecule has 6 nitrogen and oxygen atoms in total. The molecular formula is C42H20F10N6. The molecule has 0 atom stereocenters. The van der Waals surface area contributed by atoms with Crippen molar-refractivity contribution in [3.8, 4) is 33.4 Å². The van der Waals surface area contributed by atoms with Gasteiger partial charge in [0.2, 0.25) is 11.6 Å². The van der Waals surface area contributed by atoms with Crippen molar-refractivity contribution in [2.45, 2.75) is 0 Å². The lowest BCUT2D eigenvalue weighted by atomic mass is 10.0. The highest BCUT2D eigenvalue weighted by Gasteiger charge is 2.31. The first kappa shape index (κ1) is 36.3. The van der Waals surface area contributed by atoms with Gasteiger partial charge in [-0.25, -0.2) is 53.9 Å². The number of nitrogens with one attached hydrogen (secondary N) is 4. The Kier molecular flexibility index (Phi) is 8.56. The molecular weight excluding hydrogens is 778 g/mol. The monoisotopic (exact) mass is 798 g/mol. The second kappa shape index (κ2) is 13.7. The molecule has 0 radical (unpaired) electrons. The van der Waals surface area contributed by atoms with Crippen LogP contribution in [0.1, 0.15) is 11.4 Å². The summed E-state index contributed by atoms with van der Waals surface area (Å²) < 4.78 is 150. The maximum atomic E-state index is 15.6. The van der Waals surface area contributed by atoms with Gasteiger partial charge in [0.25, 0.3) is 0 Å². The number of H-pyrrole nitrogens is 3. The van der Waals surface area contributed by atoms with Crippen LogP contribution >= 0.6 is 0 Å². The van der Waals surface area contributed by atoms with Gasteiger partial charge in [0, 0.05) is 50.6 Å². The zero-order chi connectivity index (χ0) is 40.6. The Hall–Kier alpha value is -7.36. The minimum Gasteiger partial charge on any atom is -0.354 e. The second-order valence-corrected chi connectivity index (χ2v) is 13.0. The van der Waals surface area contributed by atoms with Crippen molar-refractivity contribution >= 4 is 56.8 Å². The number of hydrogen-bond acceptors (Lipinski definition) is 3. The van der Waals surface area contributed by atoms with Crippen LogP contribution in [0.2, 0.25) is 0 Å². The number of fused-ring (bicyclic) bond motifs is 9. The maximum absolute atomic E-state index is 15.6. The van der Waals surface area contributed by atoms with Gasteiger partial charge in [-0.05, 0) is 78.4 Å². The molecule has 0 amide bonds. The molecule has 8 bridgehead atoms. The van der Waals surface area contributed by atoms with Crippen LogP contribution in [0.4, 0.5) is 55.4 Å². The predicted molar refractivity (Wildman–Crippen MR) is 199 cm³/mol. The lowest BCUT2D eigenvalue weighted by Crippen LogP contribution is -2.05. The molecule has 0 unspecified atom stereocenters. The molecule has 0 saturated carbocycles. The second-order valence-electron chi connectivity index (χ2n) is 13.0. The number of aromatic amines is 3. The van der Waals surface area contributed by atoms with Crippen LogP contribution in [-0.4, -0.2) is 24.9 Å². The highest BCUT2D eigenvalue weighted by atomic mass is 19.2. The summed E-state index contributed by atoms with van der Waals surface area (Å²) in [5.74, 6) is -21.4. The van der Waals surface area contributed by atoms with Gasteiger partial charge < -0.3 is 20.3 Å². The molecule has 3 aromatic carbocycles. The normalized spacial score (nSPS) is 11.9. The SMILES string of the molecule is Fc1c(F)c(F)c(-c2c3nc(c(-c4ccc(Nc5ccccn5)cc4)c4ccc([nH]4)c(-c4c(F)c(F)c(F)c(F)c4F)c4ccc([nH]4)c4ccc2[nH]4)C=C3)c(F)c1F. The first-order valence-corrected chi connectivity index (χ1v) is 17.1. The zero-order valence-electron chi connectivity index (χ0n) is 28.9. The molecule has 1 aliphatic heterocycles. The largest absolute Gasteiger partial charge is 0.354 e. The molecule has 0 aliphatic carbocycles. The van der Waals surface area contributed by atoms with Gasteiger partial charge >= 0.3 is 0 Å². The Labute approximate surface area is 318 Å². The first-order chi connectivity index (χ1) is 27.9. The third kappa shape index (κ3) is 5.74. The number of benzene rings is 3. The molecule has 0 saturated heterocycles. The summed E-state index contributed by atoms with van der Waals surface area (Å²) in [6, 6.07) is 20.0. The van der Waals surface area contributed by atoms with Crippen LogP contribution in [0.3, 0.4) is 0 Å². The molecule has 5 aromatic heterocycles. The Morgan fingerprint density at radius 2 is 0.793 bits per heavy atom. The van der Waals surface area contributed by atoms with Crippen molar-refractivity contribution in [1.29, 1.82) is 0 Å². The predicted octanol–water partition coefficient (Wildman–Crippen LogP) is 12.2. The molecule has 58 heavy (non-hydrogen) atoms. The van der Waals surface area contributed by atoms with Gasteiger partial charge in [0.1, 0.15) is 5.82 Å². The van der Waals surface area contributed by atoms with E-state index in [9.17, 15) is 26.3 Å². The van der Waals surface area contributed by atoms with Crippen molar-refractivity contribution in [2.75, 3.05) is 5.32 Å². The van der Waals surface area contributed by atoms with Crippen LogP contribution in [0.5, 0.6) is 0 Å². The van der Waals surface area contributed by atoms with Crippen molar-refractivity contribution in [2.24, 2.45) is 0 Å². The molecule has 8 aromatic rings. The molecule has 6 heterocycles. The zero-order valence-corrected chi connectivity index (χ0v) is 28.9. The van der Waals surface area contributed by atoms with Gasteiger partial charge in [-0.3, -0.25) is 0 Å². The van der Waals surface area contributed by atoms with Gasteiger partial charge in [-0.2, -0.15) is 0 Å². The molecule has 0 spiro atoms. The summed E-state index contributed by atoms with van der Waals surface area (Å²) >= 11 is 0. The number of aromatic nitrogens is 5. The number of hydrogen-bond donors (Lipinski definition) is 4. The van der Waals surface area contributed by atoms with E-state index in [4.69, 9.17) is 0 Å². The van der Waals surface area contributed by atoms with Gasteiger partial charge in [-0.1, -0.05) is 18.2 Å². The fourth-order valence-corrected chi connectivity index (χ4v) is 6.93. The van der Waals surface area contributed by atoms with Crippen LogP contribution < -0.4 is 5.32 Å². The summed E-state index contributed by atoms with van der Waals surface area (Å²) in [7, 11) is 0. The first-order valence-electron chi connectivity index (χ1n) is 17.1. The van der Waals surface area contributed by atoms with E-state index in [0.29, 0.717) is 17.1 Å². The van der Waals surface area contributed by atoms with Crippen LogP contribution in [0.25, 0.3) is 78.6 Å². The number of nitrogens with zero attached hydrogens (tertiary/aromatic N) is 2. The van der Waals surface area contributed by atoms with Crippen molar-refractivity contribution in [3.05, 3.63) is 155 Å². The van der Waals surface area contributed by atoms with Crippen molar-refractivity contribution in [3.63, 3.8) is 0 Å². The van der Waals surface area contributed by atoms with Crippen molar-refractivity contribution in [1.82, 2.24) is 24.9 Å². The van der Waals surface area contributed by atoms with E-state index in [2.05, 4.69) is 30.2 Å². The quantitative estimate of drug-likeness (QED) is 0.0795. The van der Waals surface area contributed by atoms with Gasteiger partial charge in [-0.15, -0.1) is 0 Å². The summed E-state index contributed by atoms with van der Waals surface area (Å²) in [6.45, 7) is 0. The summed E-state index contributed by atoms with van der Waals surface area (Å²) in [5.41, 5.74) is -2.37. The van der Waals surface area contributed by atoms with Gasteiger partial charge in [0.15, 0.2) is 46.5 Å². The van der Waals surface area contributed by atoms with E-state index < -0.39 is 80.4 Å². The van der Waals surface area contributed by atoms with Crippen LogP contribution in [-0.2, 0) is 0 Å². The molecule has 16 heteroatoms. The lowest BCUT2D eigenvalue weighted by Gasteiger charge is -2.10. The van der Waals surface area contributed by atoms with Crippen LogP contribution in [0, 0.1) is 58.2 Å². The number of anilines is 2. The smallest absolute Gasteiger partial charge is 0.200 e. The molecule has 1 aliphatic rings. The van der Waals surface area contributed by atoms with Gasteiger partial charge in [0.05, 0.1) is 33.5 Å². The maximum Gasteiger partial charge on any atom is 0.200 e. The summed E-state index contributed by atoms with van der Waals surface area (Å²) in [4.78, 5) is 17.6. The van der Waals surface area contributed by atoms with E-state index in [1.165, 1.54) is 48.6 Å². The minimum atomic E-state index is -2.36. The molecule has 288 valence electrons. The lowest BCUT2D eigenvalue weighted by molar-refractivity contribution is 0.381. The highest BCUT2D eigenvalue weighted by molar-refractivity contribution is 6.00. The van der Waals surface area contributed by atoms with Crippen molar-refractivity contribution < 1.29 is 43.9 Å². The molecule has 4 N–H and O–H groups in total. The van der Waals surface area contributed by atoms with Crippen LogP contribution in [0.15, 0.2) is 85.1 Å². The Morgan fingerprint density at radius 1 is 0.379 bits per heavy atom. The van der Waals surface area contributed by atoms with E-state index in [-0.39, 0.29) is 50.1 Å². The van der Waals surface area contributed by atoms with E-state index >= 15 is 17.6 Å². The molecule has 0 fully saturated rings. The molecule has 9 rings (SSSR count). The number of rotatable bonds is 5. The third-order valence-corrected chi connectivity index (χ3v) is 9.61. The fourth-order valence-electron chi connectivity index (χ4n) is 6.93. The Balaban J connectivity index is 1.42. The summed E-state index contributed by atoms with van der Waals surface area (Å²) in [6.07, 6.45) is 4.30. The average Bonchev–Trinajstić information content (AvgIpc) is 4.08. The third-order valence-electron chi connectivity index (χ3n) is 9.61. The fraction of sp³-hybridized carbons (Fsp3) is 0. The van der Waals surface area contributed by atoms with E-state index in [0.717, 1.165) is 0 Å². The van der Waals surface area contributed by atoms with E-state index in [1.807, 2.05) is 0 Å². The number of pyridine rings is 1. The highest BCUT2D eigenvalue weighted by Crippen LogP contribution is 2.41. The Bertz CT molecular complexity index is 3090. The Morgan fingerprint density at radius 3 is 1.29 bits per heavy atom.